The number of pyridine rings is 1. The molecule has 0 aromatic carbocycles. The fourth-order valence-corrected chi connectivity index (χ4v) is 4.01. The maximum absolute atomic E-state index is 13.4. The Balaban J connectivity index is 1.60. The number of hydrogen-bond acceptors (Lipinski definition) is 6. The number of nitrogens with one attached hydrogen (secondary N) is 1. The zero-order valence-electron chi connectivity index (χ0n) is 17.5. The van der Waals surface area contributed by atoms with E-state index >= 15 is 0 Å². The number of carbonyl (C=O) groups is 2. The van der Waals surface area contributed by atoms with Crippen LogP contribution in [0.15, 0.2) is 72.8 Å². The molecule has 2 aliphatic carbocycles. The molecule has 162 valence electrons. The minimum atomic E-state index is -1.57. The van der Waals surface area contributed by atoms with Crippen molar-refractivity contribution in [3.63, 3.8) is 0 Å². The summed E-state index contributed by atoms with van der Waals surface area (Å²) in [6.07, 6.45) is 19.8. The smallest absolute Gasteiger partial charge is 0.249 e. The van der Waals surface area contributed by atoms with Gasteiger partial charge in [0.25, 0.3) is 0 Å². The Labute approximate surface area is 189 Å². The standard InChI is InChI=1S/C25H19N5O3/c26-13-19(25(32)28-16-7-6-12-27-14-16)24(31)22-20-15-33-21-11-5-4-10-18(21)23(20)30(29-22)17-8-2-1-3-9-17/h2-9,11-12,14-15,17,19H,1,10H2,(H,28,32). The number of nitrogens with zero attached hydrogens (tertiary/aromatic N) is 4. The van der Waals surface area contributed by atoms with Crippen LogP contribution >= 0.6 is 0 Å². The zero-order chi connectivity index (χ0) is 22.8. The molecule has 8 heteroatoms. The molecule has 0 bridgehead atoms. The van der Waals surface area contributed by atoms with Gasteiger partial charge < -0.3 is 10.1 Å². The van der Waals surface area contributed by atoms with Gasteiger partial charge in [-0.05, 0) is 31.1 Å². The van der Waals surface area contributed by atoms with Gasteiger partial charge in [0.1, 0.15) is 17.7 Å². The fourth-order valence-electron chi connectivity index (χ4n) is 4.01. The lowest BCUT2D eigenvalue weighted by molar-refractivity contribution is -0.117. The quantitative estimate of drug-likeness (QED) is 0.436. The summed E-state index contributed by atoms with van der Waals surface area (Å²) in [5.74, 6) is -2.30. The Hall–Kier alpha value is -4.51. The normalized spacial score (nSPS) is 17.1. The first-order valence-electron chi connectivity index (χ1n) is 10.5. The molecule has 1 aliphatic heterocycles. The van der Waals surface area contributed by atoms with Gasteiger partial charge >= 0.3 is 0 Å². The van der Waals surface area contributed by atoms with Crippen LogP contribution in [0.25, 0.3) is 11.8 Å². The van der Waals surface area contributed by atoms with E-state index in [1.807, 2.05) is 48.6 Å². The lowest BCUT2D eigenvalue weighted by atomic mass is 9.98. The summed E-state index contributed by atoms with van der Waals surface area (Å²) in [7, 11) is 0. The second-order valence-corrected chi connectivity index (χ2v) is 7.67. The topological polar surface area (TPSA) is 110 Å². The van der Waals surface area contributed by atoms with Gasteiger partial charge in [0.15, 0.2) is 5.92 Å². The molecular weight excluding hydrogens is 418 g/mol. The van der Waals surface area contributed by atoms with E-state index < -0.39 is 17.6 Å². The second-order valence-electron chi connectivity index (χ2n) is 7.67. The van der Waals surface area contributed by atoms with Gasteiger partial charge in [0.05, 0.1) is 34.6 Å². The third-order valence-corrected chi connectivity index (χ3v) is 5.58. The molecule has 0 fully saturated rings. The Bertz CT molecular complexity index is 1410. The van der Waals surface area contributed by atoms with Crippen LogP contribution < -0.4 is 15.9 Å². The summed E-state index contributed by atoms with van der Waals surface area (Å²) < 4.78 is 7.55. The summed E-state index contributed by atoms with van der Waals surface area (Å²) in [6, 6.07) is 4.92. The number of ether oxygens (including phenoxy) is 1. The summed E-state index contributed by atoms with van der Waals surface area (Å²) in [5, 5.41) is 18.1. The number of carbonyl (C=O) groups excluding carboxylic acids is 2. The van der Waals surface area contributed by atoms with Crippen LogP contribution in [-0.4, -0.2) is 26.5 Å². The Morgan fingerprint density at radius 3 is 2.88 bits per heavy atom. The van der Waals surface area contributed by atoms with Gasteiger partial charge in [-0.15, -0.1) is 0 Å². The maximum atomic E-state index is 13.4. The molecule has 5 rings (SSSR count). The van der Waals surface area contributed by atoms with Crippen molar-refractivity contribution in [1.29, 1.82) is 5.26 Å². The van der Waals surface area contributed by atoms with Crippen molar-refractivity contribution in [3.8, 4) is 6.07 Å². The number of rotatable bonds is 5. The second kappa shape index (κ2) is 8.55. The molecule has 1 N–H and O–H groups in total. The van der Waals surface area contributed by atoms with Crippen LogP contribution in [0.4, 0.5) is 5.69 Å². The van der Waals surface area contributed by atoms with Crippen molar-refractivity contribution < 1.29 is 14.3 Å². The van der Waals surface area contributed by atoms with Crippen LogP contribution in [0.1, 0.15) is 29.4 Å². The molecule has 0 radical (unpaired) electrons. The number of amides is 1. The van der Waals surface area contributed by atoms with Crippen molar-refractivity contribution in [2.75, 3.05) is 5.32 Å². The lowest BCUT2D eigenvalue weighted by Crippen LogP contribution is -2.39. The average Bonchev–Trinajstić information content (AvgIpc) is 3.26. The lowest BCUT2D eigenvalue weighted by Gasteiger charge is -2.18. The van der Waals surface area contributed by atoms with Crippen molar-refractivity contribution in [2.45, 2.75) is 18.9 Å². The van der Waals surface area contributed by atoms with E-state index in [1.54, 1.807) is 23.0 Å². The monoisotopic (exact) mass is 437 g/mol. The molecular formula is C25H19N5O3. The largest absolute Gasteiger partial charge is 0.464 e. The van der Waals surface area contributed by atoms with E-state index in [-0.39, 0.29) is 11.7 Å². The first kappa shape index (κ1) is 20.4. The van der Waals surface area contributed by atoms with E-state index in [1.165, 1.54) is 12.5 Å². The highest BCUT2D eigenvalue weighted by atomic mass is 16.5. The fraction of sp³-hybridized carbons (Fsp3) is 0.160. The zero-order valence-corrected chi connectivity index (χ0v) is 17.5. The third-order valence-electron chi connectivity index (χ3n) is 5.58. The van der Waals surface area contributed by atoms with Crippen LogP contribution in [0.5, 0.6) is 0 Å². The van der Waals surface area contributed by atoms with Crippen molar-refractivity contribution in [1.82, 2.24) is 14.8 Å². The van der Waals surface area contributed by atoms with Crippen molar-refractivity contribution in [2.24, 2.45) is 5.92 Å². The molecule has 33 heavy (non-hydrogen) atoms. The predicted molar refractivity (Wildman–Crippen MR) is 121 cm³/mol. The number of anilines is 1. The number of Topliss-reactive ketones (excluding diaryl/α,β-unsaturated/α-hetero) is 1. The van der Waals surface area contributed by atoms with E-state index in [4.69, 9.17) is 4.74 Å². The van der Waals surface area contributed by atoms with Gasteiger partial charge in [0, 0.05) is 11.8 Å². The van der Waals surface area contributed by atoms with E-state index in [9.17, 15) is 14.9 Å². The molecule has 8 nitrogen and oxygen atoms in total. The minimum absolute atomic E-state index is 0.0337. The number of fused-ring (bicyclic) bond motifs is 2. The average molecular weight is 437 g/mol. The summed E-state index contributed by atoms with van der Waals surface area (Å²) in [5.41, 5.74) is 1.34. The molecule has 3 heterocycles. The number of ketones is 1. The van der Waals surface area contributed by atoms with Gasteiger partial charge in [0.2, 0.25) is 11.7 Å². The Kier molecular flexibility index (Phi) is 5.29. The first-order valence-corrected chi connectivity index (χ1v) is 10.5. The van der Waals surface area contributed by atoms with Gasteiger partial charge in [-0.1, -0.05) is 36.5 Å². The number of nitriles is 1. The van der Waals surface area contributed by atoms with Crippen LogP contribution in [-0.2, 0) is 9.53 Å². The van der Waals surface area contributed by atoms with Gasteiger partial charge in [-0.25, -0.2) is 0 Å². The minimum Gasteiger partial charge on any atom is -0.464 e. The van der Waals surface area contributed by atoms with E-state index in [0.29, 0.717) is 23.1 Å². The summed E-state index contributed by atoms with van der Waals surface area (Å²) in [6.45, 7) is 0. The third kappa shape index (κ3) is 3.70. The molecule has 0 saturated heterocycles. The van der Waals surface area contributed by atoms with Crippen molar-refractivity contribution in [3.05, 3.63) is 89.1 Å². The van der Waals surface area contributed by atoms with Crippen LogP contribution in [0.2, 0.25) is 0 Å². The molecule has 0 saturated carbocycles. The number of allylic oxidation sites excluding steroid dienone is 8. The first-order chi connectivity index (χ1) is 16.2. The highest BCUT2D eigenvalue weighted by Gasteiger charge is 2.33. The van der Waals surface area contributed by atoms with E-state index in [2.05, 4.69) is 15.4 Å². The number of hydrogen-bond donors (Lipinski definition) is 1. The highest BCUT2D eigenvalue weighted by molar-refractivity contribution is 6.15. The number of aromatic nitrogens is 3. The van der Waals surface area contributed by atoms with Crippen molar-refractivity contribution >= 4 is 29.2 Å². The Morgan fingerprint density at radius 2 is 2.12 bits per heavy atom. The summed E-state index contributed by atoms with van der Waals surface area (Å²) >= 11 is 0. The molecule has 2 aromatic heterocycles. The molecule has 1 atom stereocenters. The molecule has 1 unspecified atom stereocenters. The summed E-state index contributed by atoms with van der Waals surface area (Å²) in [4.78, 5) is 30.1. The molecule has 2 aromatic rings. The van der Waals surface area contributed by atoms with Gasteiger partial charge in [-0.3, -0.25) is 19.3 Å². The molecule has 0 spiro atoms. The SMILES string of the molecule is N#CC(C(=O)Nc1cccnc1)C(=O)c1nn(C2C=CCC=C2)c2c1=COC1=CC=CCC=21. The van der Waals surface area contributed by atoms with Crippen LogP contribution in [0.3, 0.4) is 0 Å². The van der Waals surface area contributed by atoms with Gasteiger partial charge in [-0.2, -0.15) is 10.4 Å². The maximum Gasteiger partial charge on any atom is 0.249 e. The molecule has 1 amide bonds. The predicted octanol–water partition coefficient (Wildman–Crippen LogP) is 2.06. The Morgan fingerprint density at radius 1 is 1.27 bits per heavy atom. The molecule has 3 aliphatic rings. The highest BCUT2D eigenvalue weighted by Crippen LogP contribution is 2.24. The van der Waals surface area contributed by atoms with Crippen LogP contribution in [0, 0.1) is 17.2 Å². The van der Waals surface area contributed by atoms with E-state index in [0.717, 1.165) is 17.3 Å².